The second kappa shape index (κ2) is 7.60. The van der Waals surface area contributed by atoms with Crippen LogP contribution in [-0.4, -0.2) is 24.1 Å². The summed E-state index contributed by atoms with van der Waals surface area (Å²) in [6.45, 7) is 4.05. The van der Waals surface area contributed by atoms with E-state index in [9.17, 15) is 4.79 Å². The lowest BCUT2D eigenvalue weighted by Gasteiger charge is -2.14. The van der Waals surface area contributed by atoms with Crippen molar-refractivity contribution in [2.24, 2.45) is 0 Å². The van der Waals surface area contributed by atoms with Gasteiger partial charge in [0.25, 0.3) is 5.56 Å². The van der Waals surface area contributed by atoms with Crippen LogP contribution in [0.1, 0.15) is 17.0 Å². The standard InChI is InChI=1S/C25H19N5O2S/c1-15-8-7-12-19(16(15)2)29-23(31)17-9-3-5-11-20(17)30-24(29)27-28-25(30)33-14-22-26-18-10-4-6-13-21(18)32-22/h3-13H,14H2,1-2H3. The molecule has 0 aliphatic heterocycles. The van der Waals surface area contributed by atoms with Gasteiger partial charge in [0.15, 0.2) is 10.7 Å². The number of benzene rings is 3. The maximum absolute atomic E-state index is 13.5. The summed E-state index contributed by atoms with van der Waals surface area (Å²) in [6, 6.07) is 21.2. The van der Waals surface area contributed by atoms with Crippen molar-refractivity contribution < 1.29 is 4.42 Å². The molecule has 0 saturated carbocycles. The van der Waals surface area contributed by atoms with Gasteiger partial charge >= 0.3 is 0 Å². The normalized spacial score (nSPS) is 11.7. The molecule has 6 rings (SSSR count). The van der Waals surface area contributed by atoms with Gasteiger partial charge in [0.1, 0.15) is 5.52 Å². The number of thioether (sulfide) groups is 1. The first kappa shape index (κ1) is 19.8. The molecule has 0 bridgehead atoms. The maximum atomic E-state index is 13.5. The minimum Gasteiger partial charge on any atom is -0.440 e. The van der Waals surface area contributed by atoms with Crippen LogP contribution >= 0.6 is 11.8 Å². The van der Waals surface area contributed by atoms with E-state index < -0.39 is 0 Å². The summed E-state index contributed by atoms with van der Waals surface area (Å²) >= 11 is 1.47. The number of aromatic nitrogens is 5. The maximum Gasteiger partial charge on any atom is 0.267 e. The number of aryl methyl sites for hydroxylation is 1. The number of rotatable bonds is 4. The van der Waals surface area contributed by atoms with Crippen molar-refractivity contribution >= 4 is 39.5 Å². The van der Waals surface area contributed by atoms with Crippen LogP contribution < -0.4 is 5.56 Å². The Morgan fingerprint density at radius 2 is 1.76 bits per heavy atom. The van der Waals surface area contributed by atoms with Gasteiger partial charge in [0, 0.05) is 0 Å². The topological polar surface area (TPSA) is 78.2 Å². The van der Waals surface area contributed by atoms with Gasteiger partial charge in [-0.25, -0.2) is 9.55 Å². The van der Waals surface area contributed by atoms with Gasteiger partial charge in [-0.05, 0) is 55.3 Å². The molecule has 0 aliphatic rings. The zero-order chi connectivity index (χ0) is 22.5. The van der Waals surface area contributed by atoms with Crippen molar-refractivity contribution in [1.29, 1.82) is 0 Å². The molecule has 0 amide bonds. The summed E-state index contributed by atoms with van der Waals surface area (Å²) in [7, 11) is 0. The molecule has 0 aliphatic carbocycles. The Labute approximate surface area is 192 Å². The largest absolute Gasteiger partial charge is 0.440 e. The van der Waals surface area contributed by atoms with Crippen molar-refractivity contribution in [2.75, 3.05) is 0 Å². The Kier molecular flexibility index (Phi) is 4.55. The van der Waals surface area contributed by atoms with Crippen LogP contribution in [0.2, 0.25) is 0 Å². The average molecular weight is 454 g/mol. The fraction of sp³-hybridized carbons (Fsp3) is 0.120. The average Bonchev–Trinajstić information content (AvgIpc) is 3.44. The number of oxazole rings is 1. The molecule has 162 valence electrons. The predicted molar refractivity (Wildman–Crippen MR) is 129 cm³/mol. The van der Waals surface area contributed by atoms with Crippen molar-refractivity contribution in [2.45, 2.75) is 24.8 Å². The molecule has 0 spiro atoms. The third-order valence-electron chi connectivity index (χ3n) is 5.87. The molecule has 0 radical (unpaired) electrons. The van der Waals surface area contributed by atoms with Crippen LogP contribution in [0.25, 0.3) is 33.5 Å². The summed E-state index contributed by atoms with van der Waals surface area (Å²) < 4.78 is 9.45. The van der Waals surface area contributed by atoms with E-state index in [1.54, 1.807) is 4.57 Å². The van der Waals surface area contributed by atoms with Crippen molar-refractivity contribution in [3.8, 4) is 5.69 Å². The van der Waals surface area contributed by atoms with Gasteiger partial charge in [0.05, 0.1) is 22.3 Å². The predicted octanol–water partition coefficient (Wildman–Crippen LogP) is 5.08. The SMILES string of the molecule is Cc1cccc(-n2c(=O)c3ccccc3n3c(SCc4nc5ccccc5o4)nnc23)c1C. The molecule has 3 aromatic heterocycles. The molecule has 3 heterocycles. The molecule has 7 nitrogen and oxygen atoms in total. The van der Waals surface area contributed by atoms with Crippen LogP contribution in [0.15, 0.2) is 81.1 Å². The van der Waals surface area contributed by atoms with Gasteiger partial charge in [-0.3, -0.25) is 9.20 Å². The van der Waals surface area contributed by atoms with Crippen molar-refractivity contribution in [3.05, 3.63) is 94.1 Å². The van der Waals surface area contributed by atoms with Gasteiger partial charge in [-0.15, -0.1) is 10.2 Å². The molecule has 0 fully saturated rings. The first-order valence-corrected chi connectivity index (χ1v) is 11.5. The van der Waals surface area contributed by atoms with Crippen LogP contribution in [-0.2, 0) is 5.75 Å². The van der Waals surface area contributed by atoms with E-state index in [0.717, 1.165) is 33.4 Å². The van der Waals surface area contributed by atoms with E-state index in [4.69, 9.17) is 4.42 Å². The third-order valence-corrected chi connectivity index (χ3v) is 6.79. The minimum atomic E-state index is -0.116. The van der Waals surface area contributed by atoms with Crippen LogP contribution in [0.5, 0.6) is 0 Å². The molecular formula is C25H19N5O2S. The first-order chi connectivity index (χ1) is 16.1. The Hall–Kier alpha value is -3.91. The van der Waals surface area contributed by atoms with Crippen molar-refractivity contribution in [1.82, 2.24) is 24.1 Å². The highest BCUT2D eigenvalue weighted by molar-refractivity contribution is 7.98. The molecule has 0 N–H and O–H groups in total. The van der Waals surface area contributed by atoms with Gasteiger partial charge < -0.3 is 4.42 Å². The third kappa shape index (κ3) is 3.14. The second-order valence-electron chi connectivity index (χ2n) is 7.86. The smallest absolute Gasteiger partial charge is 0.267 e. The highest BCUT2D eigenvalue weighted by Gasteiger charge is 2.19. The molecule has 0 atom stereocenters. The molecule has 3 aromatic carbocycles. The van der Waals surface area contributed by atoms with Crippen LogP contribution in [0.3, 0.4) is 0 Å². The lowest BCUT2D eigenvalue weighted by molar-refractivity contribution is 0.556. The van der Waals surface area contributed by atoms with E-state index in [-0.39, 0.29) is 5.56 Å². The second-order valence-corrected chi connectivity index (χ2v) is 8.80. The van der Waals surface area contributed by atoms with E-state index in [2.05, 4.69) is 15.2 Å². The molecule has 6 aromatic rings. The lowest BCUT2D eigenvalue weighted by atomic mass is 10.1. The summed E-state index contributed by atoms with van der Waals surface area (Å²) in [5.74, 6) is 1.59. The quantitative estimate of drug-likeness (QED) is 0.346. The number of fused-ring (bicyclic) bond motifs is 4. The van der Waals surface area contributed by atoms with E-state index in [1.165, 1.54) is 11.8 Å². The minimum absolute atomic E-state index is 0.116. The zero-order valence-electron chi connectivity index (χ0n) is 18.0. The van der Waals surface area contributed by atoms with Gasteiger partial charge in [-0.1, -0.05) is 48.2 Å². The summed E-state index contributed by atoms with van der Waals surface area (Å²) in [6.07, 6.45) is 0. The Bertz CT molecular complexity index is 1700. The number of hydrogen-bond donors (Lipinski definition) is 0. The van der Waals surface area contributed by atoms with E-state index in [1.807, 2.05) is 85.0 Å². The molecule has 33 heavy (non-hydrogen) atoms. The Balaban J connectivity index is 1.53. The fourth-order valence-corrected chi connectivity index (χ4v) is 4.86. The van der Waals surface area contributed by atoms with E-state index in [0.29, 0.717) is 28.0 Å². The number of hydrogen-bond acceptors (Lipinski definition) is 6. The summed E-state index contributed by atoms with van der Waals surface area (Å²) in [5.41, 5.74) is 5.18. The Morgan fingerprint density at radius 1 is 0.939 bits per heavy atom. The highest BCUT2D eigenvalue weighted by Crippen LogP contribution is 2.27. The molecule has 8 heteroatoms. The highest BCUT2D eigenvalue weighted by atomic mass is 32.2. The van der Waals surface area contributed by atoms with Crippen LogP contribution in [0.4, 0.5) is 0 Å². The lowest BCUT2D eigenvalue weighted by Crippen LogP contribution is -2.22. The molecular weight excluding hydrogens is 434 g/mol. The Morgan fingerprint density at radius 3 is 2.64 bits per heavy atom. The van der Waals surface area contributed by atoms with E-state index >= 15 is 0 Å². The molecule has 0 unspecified atom stereocenters. The zero-order valence-corrected chi connectivity index (χ0v) is 18.8. The van der Waals surface area contributed by atoms with Gasteiger partial charge in [-0.2, -0.15) is 0 Å². The summed E-state index contributed by atoms with van der Waals surface area (Å²) in [4.78, 5) is 18.1. The number of para-hydroxylation sites is 3. The van der Waals surface area contributed by atoms with Crippen molar-refractivity contribution in [3.63, 3.8) is 0 Å². The summed E-state index contributed by atoms with van der Waals surface area (Å²) in [5, 5.41) is 10.2. The number of nitrogens with zero attached hydrogens (tertiary/aromatic N) is 5. The van der Waals surface area contributed by atoms with Gasteiger partial charge in [0.2, 0.25) is 11.7 Å². The molecule has 0 saturated heterocycles. The van der Waals surface area contributed by atoms with Crippen LogP contribution in [0, 0.1) is 13.8 Å². The fourth-order valence-electron chi connectivity index (χ4n) is 4.08. The first-order valence-electron chi connectivity index (χ1n) is 10.5. The monoisotopic (exact) mass is 453 g/mol.